The first-order valence-corrected chi connectivity index (χ1v) is 9.34. The maximum absolute atomic E-state index is 12.6. The smallest absolute Gasteiger partial charge is 0.227 e. The predicted molar refractivity (Wildman–Crippen MR) is 106 cm³/mol. The first-order chi connectivity index (χ1) is 13.1. The van der Waals surface area contributed by atoms with Crippen LogP contribution in [-0.4, -0.2) is 36.9 Å². The molecular weight excluding hydrogens is 340 g/mol. The lowest BCUT2D eigenvalue weighted by Crippen LogP contribution is -2.42. The number of anilines is 1. The zero-order valence-corrected chi connectivity index (χ0v) is 15.9. The molecule has 2 aromatic rings. The monoisotopic (exact) mass is 366 g/mol. The van der Waals surface area contributed by atoms with Crippen molar-refractivity contribution >= 4 is 17.5 Å². The van der Waals surface area contributed by atoms with Crippen LogP contribution in [0.5, 0.6) is 5.75 Å². The van der Waals surface area contributed by atoms with E-state index in [-0.39, 0.29) is 17.7 Å². The number of piperidine rings is 1. The fourth-order valence-corrected chi connectivity index (χ4v) is 3.46. The average molecular weight is 366 g/mol. The highest BCUT2D eigenvalue weighted by Gasteiger charge is 2.27. The van der Waals surface area contributed by atoms with Crippen LogP contribution in [-0.2, 0) is 16.0 Å². The Morgan fingerprint density at radius 2 is 1.74 bits per heavy atom. The second kappa shape index (κ2) is 8.71. The fraction of sp³-hybridized carbons (Fsp3) is 0.364. The summed E-state index contributed by atoms with van der Waals surface area (Å²) in [5, 5.41) is 2.96. The second-order valence-corrected chi connectivity index (χ2v) is 6.95. The minimum atomic E-state index is -0.0857. The molecule has 0 aliphatic carbocycles. The molecule has 5 nitrogen and oxygen atoms in total. The summed E-state index contributed by atoms with van der Waals surface area (Å²) < 4.78 is 5.28. The summed E-state index contributed by atoms with van der Waals surface area (Å²) in [5.74, 6) is 0.688. The number of carbonyl (C=O) groups is 2. The highest BCUT2D eigenvalue weighted by molar-refractivity contribution is 5.94. The molecule has 0 aromatic heterocycles. The Balaban J connectivity index is 1.53. The summed E-state index contributed by atoms with van der Waals surface area (Å²) in [6.45, 7) is 3.26. The number of carbonyl (C=O) groups excluding carboxylic acids is 2. The van der Waals surface area contributed by atoms with Crippen LogP contribution in [0, 0.1) is 12.8 Å². The normalized spacial score (nSPS) is 14.7. The third-order valence-corrected chi connectivity index (χ3v) is 5.19. The molecular formula is C22H26N2O3. The molecule has 0 spiro atoms. The number of rotatable bonds is 5. The number of benzene rings is 2. The molecule has 3 rings (SSSR count). The fourth-order valence-electron chi connectivity index (χ4n) is 3.46. The van der Waals surface area contributed by atoms with Gasteiger partial charge in [-0.05, 0) is 43.0 Å². The lowest BCUT2D eigenvalue weighted by Gasteiger charge is -2.31. The number of amides is 2. The van der Waals surface area contributed by atoms with Crippen LogP contribution < -0.4 is 10.1 Å². The van der Waals surface area contributed by atoms with Gasteiger partial charge in [0.1, 0.15) is 5.75 Å². The van der Waals surface area contributed by atoms with Gasteiger partial charge in [0.25, 0.3) is 0 Å². The van der Waals surface area contributed by atoms with Crippen molar-refractivity contribution in [3.8, 4) is 5.75 Å². The third kappa shape index (κ3) is 4.67. The number of nitrogens with one attached hydrogen (secondary N) is 1. The molecule has 0 radical (unpaired) electrons. The Kier molecular flexibility index (Phi) is 6.12. The maximum Gasteiger partial charge on any atom is 0.227 e. The number of ether oxygens (including phenoxy) is 1. The van der Waals surface area contributed by atoms with E-state index < -0.39 is 0 Å². The van der Waals surface area contributed by atoms with Gasteiger partial charge in [-0.1, -0.05) is 36.4 Å². The predicted octanol–water partition coefficient (Wildman–Crippen LogP) is 3.42. The van der Waals surface area contributed by atoms with E-state index in [0.717, 1.165) is 11.1 Å². The van der Waals surface area contributed by atoms with E-state index in [4.69, 9.17) is 4.74 Å². The highest BCUT2D eigenvalue weighted by Crippen LogP contribution is 2.26. The van der Waals surface area contributed by atoms with Crippen molar-refractivity contribution in [2.45, 2.75) is 26.2 Å². The van der Waals surface area contributed by atoms with Crippen LogP contribution in [0.25, 0.3) is 0 Å². The Hall–Kier alpha value is -2.82. The molecule has 2 aromatic carbocycles. The summed E-state index contributed by atoms with van der Waals surface area (Å²) in [4.78, 5) is 27.0. The first-order valence-electron chi connectivity index (χ1n) is 9.34. The largest absolute Gasteiger partial charge is 0.495 e. The highest BCUT2D eigenvalue weighted by atomic mass is 16.5. The number of likely N-dealkylation sites (tertiary alicyclic amines) is 1. The zero-order chi connectivity index (χ0) is 19.2. The molecule has 1 aliphatic rings. The van der Waals surface area contributed by atoms with Crippen LogP contribution in [0.1, 0.15) is 24.0 Å². The van der Waals surface area contributed by atoms with Gasteiger partial charge >= 0.3 is 0 Å². The van der Waals surface area contributed by atoms with Gasteiger partial charge in [-0.15, -0.1) is 0 Å². The molecule has 0 bridgehead atoms. The molecule has 2 amide bonds. The number of hydrogen-bond acceptors (Lipinski definition) is 3. The SMILES string of the molecule is COc1ccccc1NC(=O)C1CCN(C(=O)Cc2ccccc2C)CC1. The van der Waals surface area contributed by atoms with Crippen molar-refractivity contribution in [2.24, 2.45) is 5.92 Å². The van der Waals surface area contributed by atoms with Gasteiger partial charge in [0.15, 0.2) is 0 Å². The topological polar surface area (TPSA) is 58.6 Å². The first kappa shape index (κ1) is 19.0. The van der Waals surface area contributed by atoms with Crippen molar-refractivity contribution in [1.82, 2.24) is 4.90 Å². The number of para-hydroxylation sites is 2. The molecule has 5 heteroatoms. The van der Waals surface area contributed by atoms with Crippen molar-refractivity contribution in [1.29, 1.82) is 0 Å². The molecule has 1 N–H and O–H groups in total. The summed E-state index contributed by atoms with van der Waals surface area (Å²) in [6, 6.07) is 15.4. The molecule has 1 fully saturated rings. The Morgan fingerprint density at radius 1 is 1.07 bits per heavy atom. The maximum atomic E-state index is 12.6. The molecule has 1 heterocycles. The van der Waals surface area contributed by atoms with E-state index in [9.17, 15) is 9.59 Å². The van der Waals surface area contributed by atoms with Crippen LogP contribution in [0.15, 0.2) is 48.5 Å². The van der Waals surface area contributed by atoms with Crippen LogP contribution in [0.4, 0.5) is 5.69 Å². The Morgan fingerprint density at radius 3 is 2.44 bits per heavy atom. The van der Waals surface area contributed by atoms with Gasteiger partial charge in [0.2, 0.25) is 11.8 Å². The summed E-state index contributed by atoms with van der Waals surface area (Å²) in [6.07, 6.45) is 1.78. The van der Waals surface area contributed by atoms with Gasteiger partial charge < -0.3 is 15.0 Å². The zero-order valence-electron chi connectivity index (χ0n) is 15.9. The third-order valence-electron chi connectivity index (χ3n) is 5.19. The molecule has 1 aliphatic heterocycles. The average Bonchev–Trinajstić information content (AvgIpc) is 2.70. The molecule has 142 valence electrons. The van der Waals surface area contributed by atoms with E-state index in [0.29, 0.717) is 43.8 Å². The van der Waals surface area contributed by atoms with Crippen LogP contribution in [0.3, 0.4) is 0 Å². The quantitative estimate of drug-likeness (QED) is 0.882. The summed E-state index contributed by atoms with van der Waals surface area (Å²) in [7, 11) is 1.59. The minimum Gasteiger partial charge on any atom is -0.495 e. The van der Waals surface area contributed by atoms with Gasteiger partial charge in [-0.25, -0.2) is 0 Å². The van der Waals surface area contributed by atoms with E-state index in [1.807, 2.05) is 60.4 Å². The van der Waals surface area contributed by atoms with E-state index in [2.05, 4.69) is 5.32 Å². The summed E-state index contributed by atoms with van der Waals surface area (Å²) >= 11 is 0. The van der Waals surface area contributed by atoms with Gasteiger partial charge in [0.05, 0.1) is 19.2 Å². The van der Waals surface area contributed by atoms with Crippen molar-refractivity contribution in [2.75, 3.05) is 25.5 Å². The molecule has 27 heavy (non-hydrogen) atoms. The lowest BCUT2D eigenvalue weighted by atomic mass is 9.95. The molecule has 1 saturated heterocycles. The van der Waals surface area contributed by atoms with Crippen LogP contribution >= 0.6 is 0 Å². The van der Waals surface area contributed by atoms with Crippen molar-refractivity contribution in [3.05, 3.63) is 59.7 Å². The van der Waals surface area contributed by atoms with Crippen molar-refractivity contribution in [3.63, 3.8) is 0 Å². The summed E-state index contributed by atoms with van der Waals surface area (Å²) in [5.41, 5.74) is 2.89. The number of methoxy groups -OCH3 is 1. The second-order valence-electron chi connectivity index (χ2n) is 6.95. The van der Waals surface area contributed by atoms with E-state index >= 15 is 0 Å². The molecule has 0 saturated carbocycles. The van der Waals surface area contributed by atoms with Gasteiger partial charge in [-0.2, -0.15) is 0 Å². The number of aryl methyl sites for hydroxylation is 1. The number of nitrogens with zero attached hydrogens (tertiary/aromatic N) is 1. The lowest BCUT2D eigenvalue weighted by molar-refractivity contribution is -0.133. The standard InChI is InChI=1S/C22H26N2O3/c1-16-7-3-4-8-18(16)15-21(25)24-13-11-17(12-14-24)22(26)23-19-9-5-6-10-20(19)27-2/h3-10,17H,11-15H2,1-2H3,(H,23,26). The van der Waals surface area contributed by atoms with Crippen LogP contribution in [0.2, 0.25) is 0 Å². The van der Waals surface area contributed by atoms with Gasteiger partial charge in [-0.3, -0.25) is 9.59 Å². The van der Waals surface area contributed by atoms with E-state index in [1.54, 1.807) is 7.11 Å². The number of hydrogen-bond donors (Lipinski definition) is 1. The Labute approximate surface area is 160 Å². The van der Waals surface area contributed by atoms with E-state index in [1.165, 1.54) is 0 Å². The molecule has 0 atom stereocenters. The van der Waals surface area contributed by atoms with Gasteiger partial charge in [0, 0.05) is 19.0 Å². The minimum absolute atomic E-state index is 0.00879. The Bertz CT molecular complexity index is 811. The molecule has 0 unspecified atom stereocenters. The van der Waals surface area contributed by atoms with Crippen molar-refractivity contribution < 1.29 is 14.3 Å².